The summed E-state index contributed by atoms with van der Waals surface area (Å²) in [6.45, 7) is 3.97. The first-order valence-corrected chi connectivity index (χ1v) is 8.66. The lowest BCUT2D eigenvalue weighted by atomic mass is 10.1. The van der Waals surface area contributed by atoms with Crippen LogP contribution in [0.3, 0.4) is 0 Å². The summed E-state index contributed by atoms with van der Waals surface area (Å²) in [6.07, 6.45) is 0. The molecule has 2 aromatic rings. The largest absolute Gasteiger partial charge is 0.326 e. The summed E-state index contributed by atoms with van der Waals surface area (Å²) in [5, 5.41) is 1.60. The van der Waals surface area contributed by atoms with Crippen molar-refractivity contribution in [3.63, 3.8) is 0 Å². The molecule has 0 saturated heterocycles. The third-order valence-corrected chi connectivity index (χ3v) is 5.43. The van der Waals surface area contributed by atoms with Crippen LogP contribution in [0.15, 0.2) is 27.2 Å². The van der Waals surface area contributed by atoms with E-state index in [1.807, 2.05) is 13.0 Å². The van der Waals surface area contributed by atoms with Crippen molar-refractivity contribution in [1.82, 2.24) is 9.71 Å². The lowest BCUT2D eigenvalue weighted by Crippen LogP contribution is -2.25. The minimum atomic E-state index is -3.65. The van der Waals surface area contributed by atoms with Gasteiger partial charge in [0, 0.05) is 17.6 Å². The predicted molar refractivity (Wildman–Crippen MR) is 82.8 cm³/mol. The average molecular weight is 327 g/mol. The molecule has 1 heterocycles. The van der Waals surface area contributed by atoms with Gasteiger partial charge in [-0.1, -0.05) is 17.4 Å². The van der Waals surface area contributed by atoms with Crippen molar-refractivity contribution in [2.24, 2.45) is 5.73 Å². The van der Waals surface area contributed by atoms with Crippen molar-refractivity contribution >= 4 is 21.4 Å². The summed E-state index contributed by atoms with van der Waals surface area (Å²) in [7, 11) is -3.65. The highest BCUT2D eigenvalue weighted by Crippen LogP contribution is 2.20. The first-order chi connectivity index (χ1) is 9.83. The molecule has 1 aromatic heterocycles. The molecule has 0 radical (unpaired) electrons. The van der Waals surface area contributed by atoms with Crippen LogP contribution in [-0.2, 0) is 23.1 Å². The molecule has 0 unspecified atom stereocenters. The lowest BCUT2D eigenvalue weighted by Gasteiger charge is -2.12. The maximum Gasteiger partial charge on any atom is 0.304 e. The van der Waals surface area contributed by atoms with E-state index in [0.717, 1.165) is 22.5 Å². The van der Waals surface area contributed by atoms with Crippen LogP contribution in [-0.4, -0.2) is 13.4 Å². The molecule has 8 heteroatoms. The van der Waals surface area contributed by atoms with Crippen LogP contribution in [0.5, 0.6) is 0 Å². The number of hydrogen-bond donors (Lipinski definition) is 3. The van der Waals surface area contributed by atoms with Crippen LogP contribution in [0.1, 0.15) is 22.4 Å². The summed E-state index contributed by atoms with van der Waals surface area (Å²) in [5.41, 5.74) is 8.59. The average Bonchev–Trinajstić information content (AvgIpc) is 2.82. The second kappa shape index (κ2) is 6.10. The molecule has 6 nitrogen and oxygen atoms in total. The van der Waals surface area contributed by atoms with Gasteiger partial charge in [-0.05, 0) is 36.6 Å². The van der Waals surface area contributed by atoms with Crippen LogP contribution in [0.2, 0.25) is 0 Å². The zero-order chi connectivity index (χ0) is 15.6. The van der Waals surface area contributed by atoms with E-state index in [1.54, 1.807) is 18.4 Å². The van der Waals surface area contributed by atoms with Gasteiger partial charge in [0.2, 0.25) is 10.0 Å². The molecule has 0 aliphatic rings. The SMILES string of the molecule is Cc1cc(C)c(S(=O)(=O)NCc2csc(=O)[nH]2)cc1CN. The van der Waals surface area contributed by atoms with Crippen molar-refractivity contribution in [3.8, 4) is 0 Å². The molecule has 4 N–H and O–H groups in total. The molecule has 0 aliphatic heterocycles. The number of nitrogens with two attached hydrogens (primary N) is 1. The highest BCUT2D eigenvalue weighted by atomic mass is 32.2. The van der Waals surface area contributed by atoms with E-state index in [-0.39, 0.29) is 22.9 Å². The molecule has 1 aromatic carbocycles. The molecule has 0 fully saturated rings. The zero-order valence-corrected chi connectivity index (χ0v) is 13.4. The van der Waals surface area contributed by atoms with E-state index in [1.165, 1.54) is 0 Å². The number of hydrogen-bond acceptors (Lipinski definition) is 5. The lowest BCUT2D eigenvalue weighted by molar-refractivity contribution is 0.579. The Bertz CT molecular complexity index is 806. The molecule has 0 atom stereocenters. The second-order valence-electron chi connectivity index (χ2n) is 4.75. The third kappa shape index (κ3) is 3.59. The Labute approximate surface area is 127 Å². The fourth-order valence-corrected chi connectivity index (χ4v) is 3.90. The smallest absolute Gasteiger partial charge is 0.304 e. The van der Waals surface area contributed by atoms with Gasteiger partial charge in [-0.3, -0.25) is 4.79 Å². The Balaban J connectivity index is 2.29. The highest BCUT2D eigenvalue weighted by molar-refractivity contribution is 7.89. The van der Waals surface area contributed by atoms with E-state index in [0.29, 0.717) is 11.3 Å². The number of rotatable bonds is 5. The van der Waals surface area contributed by atoms with Gasteiger partial charge < -0.3 is 10.7 Å². The van der Waals surface area contributed by atoms with Crippen molar-refractivity contribution < 1.29 is 8.42 Å². The van der Waals surface area contributed by atoms with Gasteiger partial charge in [-0.25, -0.2) is 13.1 Å². The van der Waals surface area contributed by atoms with Crippen LogP contribution in [0, 0.1) is 13.8 Å². The molecular weight excluding hydrogens is 310 g/mol. The first kappa shape index (κ1) is 15.9. The van der Waals surface area contributed by atoms with E-state index in [4.69, 9.17) is 5.73 Å². The van der Waals surface area contributed by atoms with Gasteiger partial charge in [-0.15, -0.1) is 0 Å². The van der Waals surface area contributed by atoms with Gasteiger partial charge in [0.25, 0.3) is 0 Å². The topological polar surface area (TPSA) is 105 Å². The standard InChI is InChI=1S/C13H17N3O3S2/c1-8-3-9(2)12(4-10(8)5-14)21(18,19)15-6-11-7-20-13(17)16-11/h3-4,7,15H,5-6,14H2,1-2H3,(H,16,17). The Morgan fingerprint density at radius 1 is 1.29 bits per heavy atom. The molecular formula is C13H17N3O3S2. The van der Waals surface area contributed by atoms with E-state index < -0.39 is 10.0 Å². The minimum Gasteiger partial charge on any atom is -0.326 e. The Morgan fingerprint density at radius 3 is 2.57 bits per heavy atom. The Morgan fingerprint density at radius 2 is 2.00 bits per heavy atom. The molecule has 0 saturated carbocycles. The first-order valence-electron chi connectivity index (χ1n) is 6.30. The Kier molecular flexibility index (Phi) is 4.62. The molecule has 2 rings (SSSR count). The highest BCUT2D eigenvalue weighted by Gasteiger charge is 2.18. The fourth-order valence-electron chi connectivity index (χ4n) is 2.03. The zero-order valence-electron chi connectivity index (χ0n) is 11.8. The van der Waals surface area contributed by atoms with E-state index >= 15 is 0 Å². The number of H-pyrrole nitrogens is 1. The monoisotopic (exact) mass is 327 g/mol. The molecule has 114 valence electrons. The molecule has 0 spiro atoms. The van der Waals surface area contributed by atoms with Crippen LogP contribution in [0.25, 0.3) is 0 Å². The van der Waals surface area contributed by atoms with Crippen molar-refractivity contribution in [3.05, 3.63) is 49.6 Å². The van der Waals surface area contributed by atoms with Crippen LogP contribution >= 0.6 is 11.3 Å². The van der Waals surface area contributed by atoms with Crippen molar-refractivity contribution in [1.29, 1.82) is 0 Å². The Hall–Kier alpha value is -1.48. The molecule has 0 aliphatic carbocycles. The summed E-state index contributed by atoms with van der Waals surface area (Å²) < 4.78 is 27.2. The molecule has 0 amide bonds. The number of nitrogens with one attached hydrogen (secondary N) is 2. The van der Waals surface area contributed by atoms with Gasteiger partial charge in [0.05, 0.1) is 11.4 Å². The van der Waals surface area contributed by atoms with E-state index in [2.05, 4.69) is 9.71 Å². The number of aromatic nitrogens is 1. The molecule has 21 heavy (non-hydrogen) atoms. The summed E-state index contributed by atoms with van der Waals surface area (Å²) in [5.74, 6) is 0. The summed E-state index contributed by atoms with van der Waals surface area (Å²) in [6, 6.07) is 3.41. The van der Waals surface area contributed by atoms with E-state index in [9.17, 15) is 13.2 Å². The minimum absolute atomic E-state index is 0.0480. The van der Waals surface area contributed by atoms with Crippen molar-refractivity contribution in [2.45, 2.75) is 31.8 Å². The fraction of sp³-hybridized carbons (Fsp3) is 0.308. The predicted octanol–water partition coefficient (Wildman–Crippen LogP) is 0.990. The van der Waals surface area contributed by atoms with Gasteiger partial charge >= 0.3 is 4.87 Å². The normalized spacial score (nSPS) is 11.8. The molecule has 0 bridgehead atoms. The van der Waals surface area contributed by atoms with Crippen LogP contribution < -0.4 is 15.3 Å². The quantitative estimate of drug-likeness (QED) is 0.761. The van der Waals surface area contributed by atoms with Gasteiger partial charge in [0.1, 0.15) is 0 Å². The van der Waals surface area contributed by atoms with Gasteiger partial charge in [-0.2, -0.15) is 0 Å². The third-order valence-electron chi connectivity index (χ3n) is 3.17. The number of thiazole rings is 1. The maximum atomic E-state index is 12.4. The number of benzene rings is 1. The van der Waals surface area contributed by atoms with Gasteiger partial charge in [0.15, 0.2) is 0 Å². The van der Waals surface area contributed by atoms with Crippen LogP contribution in [0.4, 0.5) is 0 Å². The second-order valence-corrected chi connectivity index (χ2v) is 7.32. The van der Waals surface area contributed by atoms with Crippen molar-refractivity contribution in [2.75, 3.05) is 0 Å². The summed E-state index contributed by atoms with van der Waals surface area (Å²) in [4.78, 5) is 13.6. The number of aromatic amines is 1. The summed E-state index contributed by atoms with van der Waals surface area (Å²) >= 11 is 1.000. The number of aryl methyl sites for hydroxylation is 2. The maximum absolute atomic E-state index is 12.4. The number of sulfonamides is 1.